The lowest BCUT2D eigenvalue weighted by Gasteiger charge is -2.10. The van der Waals surface area contributed by atoms with Crippen molar-refractivity contribution in [2.75, 3.05) is 13.4 Å². The summed E-state index contributed by atoms with van der Waals surface area (Å²) in [5, 5.41) is 0.106. The molecule has 1 atom stereocenters. The molecule has 0 bridgehead atoms. The summed E-state index contributed by atoms with van der Waals surface area (Å²) >= 11 is 5.86. The first-order valence-corrected chi connectivity index (χ1v) is 5.41. The van der Waals surface area contributed by atoms with Gasteiger partial charge in [0.1, 0.15) is 0 Å². The quantitative estimate of drug-likeness (QED) is 0.784. The van der Waals surface area contributed by atoms with Crippen LogP contribution in [0.4, 0.5) is 4.39 Å². The monoisotopic (exact) mass is 260 g/mol. The van der Waals surface area contributed by atoms with Gasteiger partial charge in [0, 0.05) is 11.6 Å². The third-order valence-electron chi connectivity index (χ3n) is 2.26. The van der Waals surface area contributed by atoms with Crippen molar-refractivity contribution >= 4 is 17.6 Å². The Hall–Kier alpha value is -1.49. The van der Waals surface area contributed by atoms with Crippen molar-refractivity contribution in [2.45, 2.75) is 13.1 Å². The minimum Gasteiger partial charge on any atom is -0.464 e. The van der Waals surface area contributed by atoms with E-state index in [-0.39, 0.29) is 24.0 Å². The van der Waals surface area contributed by atoms with E-state index >= 15 is 0 Å². The second kappa shape index (κ2) is 4.79. The molecule has 0 radical (unpaired) electrons. The highest BCUT2D eigenvalue weighted by Gasteiger charge is 2.27. The Balaban J connectivity index is 2.29. The van der Waals surface area contributed by atoms with Crippen LogP contribution in [0.1, 0.15) is 18.7 Å². The summed E-state index contributed by atoms with van der Waals surface area (Å²) in [6.07, 6.45) is -1.92. The van der Waals surface area contributed by atoms with Gasteiger partial charge in [-0.15, -0.1) is 0 Å². The molecule has 1 heterocycles. The van der Waals surface area contributed by atoms with Crippen molar-refractivity contribution in [1.29, 1.82) is 0 Å². The van der Waals surface area contributed by atoms with Crippen molar-refractivity contribution < 1.29 is 23.4 Å². The molecule has 1 aromatic carbocycles. The number of carbonyl (C=O) groups excluding carboxylic acids is 1. The van der Waals surface area contributed by atoms with Gasteiger partial charge in [-0.3, -0.25) is 0 Å². The van der Waals surface area contributed by atoms with E-state index < -0.39 is 12.1 Å². The minimum atomic E-state index is -1.92. The molecule has 0 N–H and O–H groups in total. The van der Waals surface area contributed by atoms with E-state index in [1.807, 2.05) is 0 Å². The van der Waals surface area contributed by atoms with E-state index in [0.717, 1.165) is 0 Å². The third-order valence-corrected chi connectivity index (χ3v) is 2.59. The molecule has 0 fully saturated rings. The van der Waals surface area contributed by atoms with Gasteiger partial charge in [-0.1, -0.05) is 11.6 Å². The van der Waals surface area contributed by atoms with Crippen LogP contribution in [0.5, 0.6) is 11.5 Å². The molecule has 4 nitrogen and oxygen atoms in total. The molecule has 0 aromatic heterocycles. The van der Waals surface area contributed by atoms with E-state index in [1.165, 1.54) is 12.1 Å². The molecule has 0 saturated carbocycles. The first-order valence-electron chi connectivity index (χ1n) is 5.03. The lowest BCUT2D eigenvalue weighted by Crippen LogP contribution is -2.12. The number of hydrogen-bond donors (Lipinski definition) is 0. The summed E-state index contributed by atoms with van der Waals surface area (Å²) in [5.41, 5.74) is 0.0226. The average Bonchev–Trinajstić information content (AvgIpc) is 2.74. The van der Waals surface area contributed by atoms with Crippen LogP contribution < -0.4 is 9.47 Å². The third kappa shape index (κ3) is 2.29. The van der Waals surface area contributed by atoms with Gasteiger partial charge in [0.15, 0.2) is 11.5 Å². The predicted molar refractivity (Wildman–Crippen MR) is 58.1 cm³/mol. The Labute approximate surface area is 102 Å². The lowest BCUT2D eigenvalue weighted by atomic mass is 10.1. The van der Waals surface area contributed by atoms with Crippen LogP contribution in [0, 0.1) is 0 Å². The fraction of sp³-hybridized carbons (Fsp3) is 0.364. The molecule has 1 unspecified atom stereocenters. The van der Waals surface area contributed by atoms with Gasteiger partial charge < -0.3 is 14.2 Å². The number of rotatable bonds is 3. The van der Waals surface area contributed by atoms with Crippen LogP contribution in [-0.2, 0) is 9.53 Å². The van der Waals surface area contributed by atoms with Gasteiger partial charge in [0.25, 0.3) is 0 Å². The molecule has 6 heteroatoms. The Morgan fingerprint density at radius 2 is 2.18 bits per heavy atom. The number of halogens is 2. The van der Waals surface area contributed by atoms with Crippen LogP contribution in [-0.4, -0.2) is 19.4 Å². The SMILES string of the molecule is CCOC(=O)C(F)c1cc2c(cc1Cl)OCO2. The van der Waals surface area contributed by atoms with Crippen molar-refractivity contribution in [3.05, 3.63) is 22.7 Å². The number of ether oxygens (including phenoxy) is 3. The Bertz CT molecular complexity index is 449. The van der Waals surface area contributed by atoms with Crippen LogP contribution in [0.2, 0.25) is 5.02 Å². The zero-order valence-electron chi connectivity index (χ0n) is 9.04. The predicted octanol–water partition coefficient (Wildman–Crippen LogP) is 2.64. The van der Waals surface area contributed by atoms with Crippen molar-refractivity contribution in [2.24, 2.45) is 0 Å². The zero-order chi connectivity index (χ0) is 12.4. The van der Waals surface area contributed by atoms with Crippen molar-refractivity contribution in [1.82, 2.24) is 0 Å². The standard InChI is InChI=1S/C11H10ClFO4/c1-2-15-11(14)10(13)6-3-8-9(4-7(6)12)17-5-16-8/h3-4,10H,2,5H2,1H3. The van der Waals surface area contributed by atoms with E-state index in [0.29, 0.717) is 11.5 Å². The molecule has 17 heavy (non-hydrogen) atoms. The molecule has 1 aliphatic heterocycles. The smallest absolute Gasteiger partial charge is 0.345 e. The second-order valence-electron chi connectivity index (χ2n) is 3.34. The Kier molecular flexibility index (Phi) is 3.38. The maximum absolute atomic E-state index is 13.8. The van der Waals surface area contributed by atoms with Crippen molar-refractivity contribution in [3.8, 4) is 11.5 Å². The Morgan fingerprint density at radius 3 is 2.82 bits per heavy atom. The first-order chi connectivity index (χ1) is 8.13. The van der Waals surface area contributed by atoms with Gasteiger partial charge in [0.05, 0.1) is 11.6 Å². The number of carbonyl (C=O) groups is 1. The highest BCUT2D eigenvalue weighted by Crippen LogP contribution is 2.39. The van der Waals surface area contributed by atoms with Crippen LogP contribution in [0.15, 0.2) is 12.1 Å². The molecular weight excluding hydrogens is 251 g/mol. The van der Waals surface area contributed by atoms with E-state index in [2.05, 4.69) is 4.74 Å². The van der Waals surface area contributed by atoms with E-state index in [9.17, 15) is 9.18 Å². The zero-order valence-corrected chi connectivity index (χ0v) is 9.79. The number of benzene rings is 1. The van der Waals surface area contributed by atoms with Crippen LogP contribution >= 0.6 is 11.6 Å². The number of esters is 1. The number of hydrogen-bond acceptors (Lipinski definition) is 4. The fourth-order valence-electron chi connectivity index (χ4n) is 1.47. The highest BCUT2D eigenvalue weighted by atomic mass is 35.5. The minimum absolute atomic E-state index is 0.0226. The molecule has 0 amide bonds. The summed E-state index contributed by atoms with van der Waals surface area (Å²) in [6, 6.07) is 2.78. The van der Waals surface area contributed by atoms with Gasteiger partial charge in [-0.05, 0) is 13.0 Å². The highest BCUT2D eigenvalue weighted by molar-refractivity contribution is 6.31. The molecule has 0 aliphatic carbocycles. The molecule has 0 spiro atoms. The van der Waals surface area contributed by atoms with Gasteiger partial charge in [-0.25, -0.2) is 9.18 Å². The largest absolute Gasteiger partial charge is 0.464 e. The maximum atomic E-state index is 13.8. The summed E-state index contributed by atoms with van der Waals surface area (Å²) < 4.78 is 28.5. The van der Waals surface area contributed by atoms with Gasteiger partial charge in [-0.2, -0.15) is 0 Å². The maximum Gasteiger partial charge on any atom is 0.345 e. The molecule has 92 valence electrons. The van der Waals surface area contributed by atoms with Crippen molar-refractivity contribution in [3.63, 3.8) is 0 Å². The normalized spacial score (nSPS) is 14.5. The van der Waals surface area contributed by atoms with Crippen LogP contribution in [0.3, 0.4) is 0 Å². The lowest BCUT2D eigenvalue weighted by molar-refractivity contribution is -0.149. The molecular formula is C11H10ClFO4. The first kappa shape index (κ1) is 12.0. The van der Waals surface area contributed by atoms with E-state index in [1.54, 1.807) is 6.92 Å². The van der Waals surface area contributed by atoms with Gasteiger partial charge in [0.2, 0.25) is 13.0 Å². The number of fused-ring (bicyclic) bond motifs is 1. The summed E-state index contributed by atoms with van der Waals surface area (Å²) in [4.78, 5) is 11.3. The molecule has 0 saturated heterocycles. The molecule has 2 rings (SSSR count). The summed E-state index contributed by atoms with van der Waals surface area (Å²) in [6.45, 7) is 1.78. The molecule has 1 aliphatic rings. The van der Waals surface area contributed by atoms with Gasteiger partial charge >= 0.3 is 5.97 Å². The fourth-order valence-corrected chi connectivity index (χ4v) is 1.72. The van der Waals surface area contributed by atoms with E-state index in [4.69, 9.17) is 21.1 Å². The summed E-state index contributed by atoms with van der Waals surface area (Å²) in [7, 11) is 0. The Morgan fingerprint density at radius 1 is 1.53 bits per heavy atom. The number of alkyl halides is 1. The summed E-state index contributed by atoms with van der Waals surface area (Å²) in [5.74, 6) is -0.153. The van der Waals surface area contributed by atoms with Crippen LogP contribution in [0.25, 0.3) is 0 Å². The second-order valence-corrected chi connectivity index (χ2v) is 3.75. The average molecular weight is 261 g/mol. The molecule has 1 aromatic rings. The topological polar surface area (TPSA) is 44.8 Å².